The second kappa shape index (κ2) is 9.76. The van der Waals surface area contributed by atoms with Crippen LogP contribution in [0, 0.1) is 5.82 Å². The minimum absolute atomic E-state index is 0.0212. The normalized spacial score (nSPS) is 10.7. The Kier molecular flexibility index (Phi) is 6.63. The van der Waals surface area contributed by atoms with E-state index < -0.39 is 0 Å². The Balaban J connectivity index is 1.43. The molecule has 1 heterocycles. The van der Waals surface area contributed by atoms with E-state index in [9.17, 15) is 14.0 Å². The van der Waals surface area contributed by atoms with Gasteiger partial charge in [-0.05, 0) is 42.5 Å². The second-order valence-corrected chi connectivity index (χ2v) is 7.96. The summed E-state index contributed by atoms with van der Waals surface area (Å²) >= 11 is 7.11. The summed E-state index contributed by atoms with van der Waals surface area (Å²) in [5.41, 5.74) is 1.70. The molecule has 160 valence electrons. The van der Waals surface area contributed by atoms with Crippen molar-refractivity contribution in [1.29, 1.82) is 0 Å². The first kappa shape index (κ1) is 21.7. The quantitative estimate of drug-likeness (QED) is 0.286. The van der Waals surface area contributed by atoms with E-state index in [2.05, 4.69) is 15.5 Å². The van der Waals surface area contributed by atoms with Gasteiger partial charge in [-0.1, -0.05) is 53.7 Å². The number of carbonyl (C=O) groups is 2. The minimum Gasteiger partial charge on any atom is -0.411 e. The van der Waals surface area contributed by atoms with Crippen LogP contribution in [0.1, 0.15) is 15.9 Å². The Hall–Kier alpha value is -3.49. The van der Waals surface area contributed by atoms with E-state index in [0.29, 0.717) is 27.4 Å². The van der Waals surface area contributed by atoms with E-state index in [1.807, 2.05) is 6.07 Å². The lowest BCUT2D eigenvalue weighted by Crippen LogP contribution is -2.17. The Labute approximate surface area is 191 Å². The molecular formula is C23H15ClFN3O3S. The van der Waals surface area contributed by atoms with Gasteiger partial charge in [-0.2, -0.15) is 0 Å². The number of thioether (sulfide) groups is 1. The van der Waals surface area contributed by atoms with Gasteiger partial charge in [0.1, 0.15) is 5.82 Å². The van der Waals surface area contributed by atoms with Crippen LogP contribution in [0.3, 0.4) is 0 Å². The third-order valence-corrected chi connectivity index (χ3v) is 5.41. The molecule has 32 heavy (non-hydrogen) atoms. The van der Waals surface area contributed by atoms with Gasteiger partial charge in [-0.15, -0.1) is 10.2 Å². The molecule has 0 spiro atoms. The number of nitrogens with one attached hydrogen (secondary N) is 1. The highest BCUT2D eigenvalue weighted by Gasteiger charge is 2.17. The van der Waals surface area contributed by atoms with Crippen LogP contribution in [0.15, 0.2) is 82.4 Å². The highest BCUT2D eigenvalue weighted by atomic mass is 35.5. The molecule has 6 nitrogen and oxygen atoms in total. The summed E-state index contributed by atoms with van der Waals surface area (Å²) in [6.45, 7) is 0. The fourth-order valence-corrected chi connectivity index (χ4v) is 3.58. The van der Waals surface area contributed by atoms with Crippen molar-refractivity contribution < 1.29 is 18.4 Å². The van der Waals surface area contributed by atoms with Crippen molar-refractivity contribution in [2.24, 2.45) is 0 Å². The number of halogens is 2. The minimum atomic E-state index is -0.369. The standard InChI is InChI=1S/C23H15ClFN3O3S/c24-16-8-11-19(18(12-16)21(30)14-4-2-1-3-5-14)26-20(29)13-32-23-28-27-22(31-23)15-6-9-17(25)10-7-15/h1-12H,13H2,(H,26,29). The van der Waals surface area contributed by atoms with Crippen molar-refractivity contribution in [1.82, 2.24) is 10.2 Å². The lowest BCUT2D eigenvalue weighted by molar-refractivity contribution is -0.113. The largest absolute Gasteiger partial charge is 0.411 e. The van der Waals surface area contributed by atoms with Crippen molar-refractivity contribution in [2.45, 2.75) is 5.22 Å². The van der Waals surface area contributed by atoms with Crippen LogP contribution in [0.2, 0.25) is 5.02 Å². The summed E-state index contributed by atoms with van der Waals surface area (Å²) in [5, 5.41) is 11.1. The van der Waals surface area contributed by atoms with Gasteiger partial charge in [0, 0.05) is 21.7 Å². The summed E-state index contributed by atoms with van der Waals surface area (Å²) in [4.78, 5) is 25.4. The van der Waals surface area contributed by atoms with Gasteiger partial charge in [0.05, 0.1) is 11.4 Å². The lowest BCUT2D eigenvalue weighted by Gasteiger charge is -2.11. The predicted octanol–water partition coefficient (Wildman–Crippen LogP) is 5.49. The number of rotatable bonds is 7. The summed E-state index contributed by atoms with van der Waals surface area (Å²) in [6, 6.07) is 19.1. The van der Waals surface area contributed by atoms with E-state index in [-0.39, 0.29) is 34.4 Å². The third-order valence-electron chi connectivity index (χ3n) is 4.36. The Morgan fingerprint density at radius 1 is 1.00 bits per heavy atom. The van der Waals surface area contributed by atoms with Gasteiger partial charge in [0.2, 0.25) is 11.8 Å². The van der Waals surface area contributed by atoms with E-state index in [0.717, 1.165) is 11.8 Å². The molecule has 1 aromatic heterocycles. The molecule has 0 aliphatic heterocycles. The smallest absolute Gasteiger partial charge is 0.277 e. The number of ketones is 1. The molecule has 0 fully saturated rings. The van der Waals surface area contributed by atoms with Gasteiger partial charge in [-0.25, -0.2) is 4.39 Å². The maximum Gasteiger partial charge on any atom is 0.277 e. The molecule has 3 aromatic carbocycles. The predicted molar refractivity (Wildman–Crippen MR) is 120 cm³/mol. The number of anilines is 1. The number of hydrogen-bond donors (Lipinski definition) is 1. The van der Waals surface area contributed by atoms with E-state index >= 15 is 0 Å². The summed E-state index contributed by atoms with van der Waals surface area (Å²) in [5.74, 6) is -0.779. The van der Waals surface area contributed by atoms with E-state index in [1.54, 1.807) is 36.4 Å². The Morgan fingerprint density at radius 3 is 2.50 bits per heavy atom. The maximum atomic E-state index is 13.0. The molecule has 0 atom stereocenters. The number of benzene rings is 3. The van der Waals surface area contributed by atoms with Crippen LogP contribution < -0.4 is 5.32 Å². The van der Waals surface area contributed by atoms with Crippen molar-refractivity contribution in [3.05, 3.63) is 94.8 Å². The molecule has 4 aromatic rings. The lowest BCUT2D eigenvalue weighted by atomic mass is 10.0. The van der Waals surface area contributed by atoms with Crippen LogP contribution >= 0.6 is 23.4 Å². The van der Waals surface area contributed by atoms with Crippen molar-refractivity contribution in [3.63, 3.8) is 0 Å². The maximum absolute atomic E-state index is 13.0. The number of aromatic nitrogens is 2. The summed E-state index contributed by atoms with van der Waals surface area (Å²) < 4.78 is 18.6. The third kappa shape index (κ3) is 5.22. The van der Waals surface area contributed by atoms with Gasteiger partial charge in [0.15, 0.2) is 5.78 Å². The SMILES string of the molecule is O=C(CSc1nnc(-c2ccc(F)cc2)o1)Nc1ccc(Cl)cc1C(=O)c1ccccc1. The molecule has 0 saturated carbocycles. The first-order chi connectivity index (χ1) is 15.5. The number of amides is 1. The van der Waals surface area contributed by atoms with Crippen LogP contribution in [-0.4, -0.2) is 27.6 Å². The van der Waals surface area contributed by atoms with Gasteiger partial charge >= 0.3 is 0 Å². The van der Waals surface area contributed by atoms with E-state index in [4.69, 9.17) is 16.0 Å². The zero-order chi connectivity index (χ0) is 22.5. The molecular weight excluding hydrogens is 453 g/mol. The second-order valence-electron chi connectivity index (χ2n) is 6.60. The first-order valence-corrected chi connectivity index (χ1v) is 10.8. The monoisotopic (exact) mass is 467 g/mol. The van der Waals surface area contributed by atoms with E-state index in [1.165, 1.54) is 30.3 Å². The average molecular weight is 468 g/mol. The van der Waals surface area contributed by atoms with Crippen LogP contribution in [-0.2, 0) is 4.79 Å². The molecule has 1 N–H and O–H groups in total. The van der Waals surface area contributed by atoms with Crippen molar-refractivity contribution in [2.75, 3.05) is 11.1 Å². The zero-order valence-electron chi connectivity index (χ0n) is 16.4. The Morgan fingerprint density at radius 2 is 1.75 bits per heavy atom. The topological polar surface area (TPSA) is 85.1 Å². The molecule has 0 radical (unpaired) electrons. The van der Waals surface area contributed by atoms with Gasteiger partial charge in [0.25, 0.3) is 5.22 Å². The number of nitrogens with zero attached hydrogens (tertiary/aromatic N) is 2. The number of carbonyl (C=O) groups excluding carboxylic acids is 2. The first-order valence-electron chi connectivity index (χ1n) is 9.41. The van der Waals surface area contributed by atoms with Gasteiger partial charge < -0.3 is 9.73 Å². The average Bonchev–Trinajstić information content (AvgIpc) is 3.28. The molecule has 0 aliphatic carbocycles. The highest BCUT2D eigenvalue weighted by molar-refractivity contribution is 7.99. The highest BCUT2D eigenvalue weighted by Crippen LogP contribution is 2.26. The molecule has 0 aliphatic rings. The van der Waals surface area contributed by atoms with Gasteiger partial charge in [-0.3, -0.25) is 9.59 Å². The van der Waals surface area contributed by atoms with Crippen molar-refractivity contribution in [3.8, 4) is 11.5 Å². The summed E-state index contributed by atoms with van der Waals surface area (Å²) in [7, 11) is 0. The van der Waals surface area contributed by atoms with Crippen LogP contribution in [0.25, 0.3) is 11.5 Å². The molecule has 1 amide bonds. The van der Waals surface area contributed by atoms with Crippen LogP contribution in [0.5, 0.6) is 0 Å². The number of hydrogen-bond acceptors (Lipinski definition) is 6. The zero-order valence-corrected chi connectivity index (χ0v) is 18.0. The molecule has 0 bridgehead atoms. The fourth-order valence-electron chi connectivity index (χ4n) is 2.85. The molecule has 0 unspecified atom stereocenters. The molecule has 0 saturated heterocycles. The molecule has 4 rings (SSSR count). The fraction of sp³-hybridized carbons (Fsp3) is 0.0435. The summed E-state index contributed by atoms with van der Waals surface area (Å²) in [6.07, 6.45) is 0. The van der Waals surface area contributed by atoms with Crippen LogP contribution in [0.4, 0.5) is 10.1 Å². The Bertz CT molecular complexity index is 1260. The molecule has 9 heteroatoms. The van der Waals surface area contributed by atoms with Crippen molar-refractivity contribution >= 4 is 40.7 Å².